The zero-order valence-electron chi connectivity index (χ0n) is 12.0. The first-order valence-corrected chi connectivity index (χ1v) is 7.21. The molecule has 100 valence electrons. The molecular weight excluding hydrogens is 220 g/mol. The van der Waals surface area contributed by atoms with Crippen molar-refractivity contribution in [2.24, 2.45) is 0 Å². The smallest absolute Gasteiger partial charge is 0.0237 e. The summed E-state index contributed by atoms with van der Waals surface area (Å²) in [6.07, 6.45) is 2.65. The van der Waals surface area contributed by atoms with E-state index in [0.717, 1.165) is 19.6 Å². The van der Waals surface area contributed by atoms with Gasteiger partial charge in [-0.3, -0.25) is 4.90 Å². The molecule has 1 aromatic rings. The van der Waals surface area contributed by atoms with Crippen LogP contribution in [0.5, 0.6) is 0 Å². The van der Waals surface area contributed by atoms with Gasteiger partial charge in [-0.2, -0.15) is 0 Å². The number of nitrogens with one attached hydrogen (secondary N) is 1. The molecule has 1 heterocycles. The van der Waals surface area contributed by atoms with Gasteiger partial charge in [-0.15, -0.1) is 0 Å². The zero-order chi connectivity index (χ0) is 13.0. The van der Waals surface area contributed by atoms with Gasteiger partial charge in [-0.1, -0.05) is 36.2 Å². The van der Waals surface area contributed by atoms with Crippen LogP contribution in [0.25, 0.3) is 0 Å². The second-order valence-corrected chi connectivity index (χ2v) is 5.56. The maximum Gasteiger partial charge on any atom is 0.0237 e. The minimum absolute atomic E-state index is 0.713. The van der Waals surface area contributed by atoms with E-state index < -0.39 is 0 Å². The highest BCUT2D eigenvalue weighted by Crippen LogP contribution is 2.16. The van der Waals surface area contributed by atoms with E-state index in [-0.39, 0.29) is 0 Å². The molecule has 0 aliphatic carbocycles. The number of likely N-dealkylation sites (N-methyl/N-ethyl adjacent to an activating group) is 1. The summed E-state index contributed by atoms with van der Waals surface area (Å²) >= 11 is 0. The van der Waals surface area contributed by atoms with Crippen LogP contribution in [0.4, 0.5) is 0 Å². The predicted molar refractivity (Wildman–Crippen MR) is 77.9 cm³/mol. The summed E-state index contributed by atoms with van der Waals surface area (Å²) < 4.78 is 0. The maximum absolute atomic E-state index is 3.52. The second-order valence-electron chi connectivity index (χ2n) is 5.56. The SMILES string of the molecule is CCN(Cc1cc(C)cc(C)c1)C1CCCNC1. The van der Waals surface area contributed by atoms with E-state index in [2.05, 4.69) is 49.2 Å². The Bertz CT molecular complexity index is 360. The largest absolute Gasteiger partial charge is 0.315 e. The van der Waals surface area contributed by atoms with Crippen molar-refractivity contribution in [3.63, 3.8) is 0 Å². The van der Waals surface area contributed by atoms with Crippen LogP contribution in [0, 0.1) is 13.8 Å². The molecule has 2 heteroatoms. The van der Waals surface area contributed by atoms with Gasteiger partial charge in [0.05, 0.1) is 0 Å². The first-order chi connectivity index (χ1) is 8.69. The Labute approximate surface area is 111 Å². The van der Waals surface area contributed by atoms with E-state index in [1.54, 1.807) is 0 Å². The monoisotopic (exact) mass is 246 g/mol. The molecule has 0 saturated carbocycles. The molecule has 0 aromatic heterocycles. The topological polar surface area (TPSA) is 15.3 Å². The van der Waals surface area contributed by atoms with Gasteiger partial charge in [0.25, 0.3) is 0 Å². The third-order valence-electron chi connectivity index (χ3n) is 3.86. The van der Waals surface area contributed by atoms with Crippen LogP contribution in [0.1, 0.15) is 36.5 Å². The second kappa shape index (κ2) is 6.35. The molecule has 18 heavy (non-hydrogen) atoms. The van der Waals surface area contributed by atoms with Crippen LogP contribution in [0.15, 0.2) is 18.2 Å². The fraction of sp³-hybridized carbons (Fsp3) is 0.625. The Kier molecular flexibility index (Phi) is 4.79. The van der Waals surface area contributed by atoms with Crippen molar-refractivity contribution in [3.05, 3.63) is 34.9 Å². The average molecular weight is 246 g/mol. The third kappa shape index (κ3) is 3.56. The van der Waals surface area contributed by atoms with Crippen LogP contribution < -0.4 is 5.32 Å². The number of rotatable bonds is 4. The normalized spacial score (nSPS) is 20.3. The Morgan fingerprint density at radius 3 is 2.50 bits per heavy atom. The van der Waals surface area contributed by atoms with Gasteiger partial charge in [0, 0.05) is 19.1 Å². The van der Waals surface area contributed by atoms with Crippen molar-refractivity contribution in [3.8, 4) is 0 Å². The molecule has 1 aromatic carbocycles. The molecule has 1 fully saturated rings. The Hall–Kier alpha value is -0.860. The van der Waals surface area contributed by atoms with Crippen LogP contribution in [0.3, 0.4) is 0 Å². The molecule has 2 nitrogen and oxygen atoms in total. The van der Waals surface area contributed by atoms with Crippen molar-refractivity contribution in [1.82, 2.24) is 10.2 Å². The third-order valence-corrected chi connectivity index (χ3v) is 3.86. The predicted octanol–water partition coefficient (Wildman–Crippen LogP) is 2.88. The number of nitrogens with zero attached hydrogens (tertiary/aromatic N) is 1. The number of aryl methyl sites for hydroxylation is 2. The van der Waals surface area contributed by atoms with E-state index in [1.165, 1.54) is 36.1 Å². The molecule has 1 aliphatic heterocycles. The van der Waals surface area contributed by atoms with Crippen LogP contribution in [-0.2, 0) is 6.54 Å². The first-order valence-electron chi connectivity index (χ1n) is 7.21. The van der Waals surface area contributed by atoms with Crippen molar-refractivity contribution < 1.29 is 0 Å². The Morgan fingerprint density at radius 1 is 1.22 bits per heavy atom. The highest BCUT2D eigenvalue weighted by molar-refractivity contribution is 5.28. The standard InChI is InChI=1S/C16H26N2/c1-4-18(16-6-5-7-17-11-16)12-15-9-13(2)8-14(3)10-15/h8-10,16-17H,4-7,11-12H2,1-3H3. The number of hydrogen-bond acceptors (Lipinski definition) is 2. The molecule has 0 amide bonds. The summed E-state index contributed by atoms with van der Waals surface area (Å²) in [5.74, 6) is 0. The van der Waals surface area contributed by atoms with E-state index >= 15 is 0 Å². The summed E-state index contributed by atoms with van der Waals surface area (Å²) in [4.78, 5) is 2.61. The Balaban J connectivity index is 2.04. The Morgan fingerprint density at radius 2 is 1.94 bits per heavy atom. The molecule has 0 radical (unpaired) electrons. The summed E-state index contributed by atoms with van der Waals surface area (Å²) in [7, 11) is 0. The maximum atomic E-state index is 3.52. The molecule has 0 spiro atoms. The molecule has 1 unspecified atom stereocenters. The van der Waals surface area contributed by atoms with Crippen molar-refractivity contribution >= 4 is 0 Å². The van der Waals surface area contributed by atoms with E-state index in [9.17, 15) is 0 Å². The number of benzene rings is 1. The molecular formula is C16H26N2. The number of piperidine rings is 1. The quantitative estimate of drug-likeness (QED) is 0.879. The van der Waals surface area contributed by atoms with Crippen molar-refractivity contribution in [2.45, 2.75) is 46.2 Å². The molecule has 1 aliphatic rings. The minimum Gasteiger partial charge on any atom is -0.315 e. The summed E-state index contributed by atoms with van der Waals surface area (Å²) in [6.45, 7) is 11.2. The number of hydrogen-bond donors (Lipinski definition) is 1. The highest BCUT2D eigenvalue weighted by atomic mass is 15.2. The van der Waals surface area contributed by atoms with Crippen LogP contribution in [-0.4, -0.2) is 30.6 Å². The molecule has 1 saturated heterocycles. The summed E-state index contributed by atoms with van der Waals surface area (Å²) in [5, 5.41) is 3.52. The highest BCUT2D eigenvalue weighted by Gasteiger charge is 2.19. The molecule has 1 atom stereocenters. The molecule has 1 N–H and O–H groups in total. The lowest BCUT2D eigenvalue weighted by molar-refractivity contribution is 0.166. The minimum atomic E-state index is 0.713. The molecule has 2 rings (SSSR count). The van der Waals surface area contributed by atoms with Gasteiger partial charge in [0.15, 0.2) is 0 Å². The van der Waals surface area contributed by atoms with Crippen molar-refractivity contribution in [1.29, 1.82) is 0 Å². The van der Waals surface area contributed by atoms with Gasteiger partial charge in [-0.05, 0) is 45.3 Å². The van der Waals surface area contributed by atoms with Crippen LogP contribution in [0.2, 0.25) is 0 Å². The van der Waals surface area contributed by atoms with Crippen LogP contribution >= 0.6 is 0 Å². The van der Waals surface area contributed by atoms with Gasteiger partial charge in [0.1, 0.15) is 0 Å². The fourth-order valence-corrected chi connectivity index (χ4v) is 3.04. The lowest BCUT2D eigenvalue weighted by atomic mass is 10.0. The van der Waals surface area contributed by atoms with Gasteiger partial charge >= 0.3 is 0 Å². The first kappa shape index (κ1) is 13.6. The summed E-state index contributed by atoms with van der Waals surface area (Å²) in [6, 6.07) is 7.62. The van der Waals surface area contributed by atoms with Gasteiger partial charge in [-0.25, -0.2) is 0 Å². The van der Waals surface area contributed by atoms with Crippen molar-refractivity contribution in [2.75, 3.05) is 19.6 Å². The summed E-state index contributed by atoms with van der Waals surface area (Å²) in [5.41, 5.74) is 4.21. The lowest BCUT2D eigenvalue weighted by Crippen LogP contribution is -2.45. The lowest BCUT2D eigenvalue weighted by Gasteiger charge is -2.34. The van der Waals surface area contributed by atoms with Gasteiger partial charge < -0.3 is 5.32 Å². The average Bonchev–Trinajstić information content (AvgIpc) is 2.36. The zero-order valence-corrected chi connectivity index (χ0v) is 12.0. The fourth-order valence-electron chi connectivity index (χ4n) is 3.04. The van der Waals surface area contributed by atoms with Gasteiger partial charge in [0.2, 0.25) is 0 Å². The van der Waals surface area contributed by atoms with E-state index in [0.29, 0.717) is 6.04 Å². The molecule has 0 bridgehead atoms. The van der Waals surface area contributed by atoms with E-state index in [4.69, 9.17) is 0 Å². The van der Waals surface area contributed by atoms with E-state index in [1.807, 2.05) is 0 Å².